The van der Waals surface area contributed by atoms with Crippen molar-refractivity contribution in [3.8, 4) is 0 Å². The third-order valence-electron chi connectivity index (χ3n) is 2.94. The zero-order valence-electron chi connectivity index (χ0n) is 11.2. The molecule has 0 aliphatic heterocycles. The van der Waals surface area contributed by atoms with Crippen LogP contribution >= 0.6 is 0 Å². The summed E-state index contributed by atoms with van der Waals surface area (Å²) < 4.78 is 0. The third-order valence-corrected chi connectivity index (χ3v) is 2.94. The molecule has 4 N–H and O–H groups in total. The van der Waals surface area contributed by atoms with Crippen LogP contribution in [0.25, 0.3) is 0 Å². The van der Waals surface area contributed by atoms with E-state index in [9.17, 15) is 0 Å². The monoisotopic (exact) mass is 256 g/mol. The summed E-state index contributed by atoms with van der Waals surface area (Å²) in [5, 5.41) is 1.66. The molecule has 0 spiro atoms. The standard InChI is InChI=1S/C15H20N4/c1-18(11-13-7-3-2-4-8-13)12-19(17)15-10-6-5-9-14(15)16/h2-10H,11-12,16-17H2,1H3. The van der Waals surface area contributed by atoms with Gasteiger partial charge < -0.3 is 5.73 Å². The molecular weight excluding hydrogens is 236 g/mol. The average Bonchev–Trinajstić information content (AvgIpc) is 2.40. The molecule has 0 aliphatic carbocycles. The van der Waals surface area contributed by atoms with Crippen molar-refractivity contribution in [2.45, 2.75) is 6.54 Å². The second kappa shape index (κ2) is 6.22. The van der Waals surface area contributed by atoms with Crippen molar-refractivity contribution in [1.82, 2.24) is 4.90 Å². The Bertz CT molecular complexity index is 513. The Kier molecular flexibility index (Phi) is 4.39. The first-order valence-corrected chi connectivity index (χ1v) is 6.26. The van der Waals surface area contributed by atoms with Crippen LogP contribution in [0.15, 0.2) is 54.6 Å². The number of nitrogen functional groups attached to an aromatic ring is 1. The lowest BCUT2D eigenvalue weighted by Crippen LogP contribution is -2.40. The van der Waals surface area contributed by atoms with Crippen molar-refractivity contribution in [2.24, 2.45) is 5.84 Å². The number of rotatable bonds is 5. The molecule has 2 aromatic carbocycles. The highest BCUT2D eigenvalue weighted by Gasteiger charge is 2.08. The first-order valence-electron chi connectivity index (χ1n) is 6.26. The van der Waals surface area contributed by atoms with Gasteiger partial charge in [0.15, 0.2) is 0 Å². The van der Waals surface area contributed by atoms with Gasteiger partial charge in [-0.3, -0.25) is 9.91 Å². The maximum absolute atomic E-state index is 6.06. The lowest BCUT2D eigenvalue weighted by molar-refractivity contribution is 0.325. The van der Waals surface area contributed by atoms with E-state index in [1.54, 1.807) is 5.01 Å². The normalized spacial score (nSPS) is 10.7. The summed E-state index contributed by atoms with van der Waals surface area (Å²) in [5.41, 5.74) is 8.72. The number of nitrogens with two attached hydrogens (primary N) is 2. The fourth-order valence-corrected chi connectivity index (χ4v) is 2.03. The van der Waals surface area contributed by atoms with Crippen LogP contribution in [0, 0.1) is 0 Å². The van der Waals surface area contributed by atoms with Gasteiger partial charge >= 0.3 is 0 Å². The Balaban J connectivity index is 1.96. The summed E-state index contributed by atoms with van der Waals surface area (Å²) in [6.45, 7) is 1.46. The van der Waals surface area contributed by atoms with Gasteiger partial charge in [-0.1, -0.05) is 42.5 Å². The minimum absolute atomic E-state index is 0.614. The Labute approximate surface area is 114 Å². The molecule has 0 radical (unpaired) electrons. The first-order chi connectivity index (χ1) is 9.16. The minimum atomic E-state index is 0.614. The molecule has 0 unspecified atom stereocenters. The van der Waals surface area contributed by atoms with E-state index in [1.165, 1.54) is 5.56 Å². The van der Waals surface area contributed by atoms with Gasteiger partial charge in [0.25, 0.3) is 0 Å². The Hall–Kier alpha value is -2.04. The van der Waals surface area contributed by atoms with Crippen molar-refractivity contribution < 1.29 is 0 Å². The Morgan fingerprint density at radius 2 is 1.58 bits per heavy atom. The molecular formula is C15H20N4. The maximum atomic E-state index is 6.06. The van der Waals surface area contributed by atoms with Crippen molar-refractivity contribution in [3.63, 3.8) is 0 Å². The topological polar surface area (TPSA) is 58.5 Å². The molecule has 0 amide bonds. The summed E-state index contributed by atoms with van der Waals surface area (Å²) in [7, 11) is 2.03. The van der Waals surface area contributed by atoms with Gasteiger partial charge in [0.1, 0.15) is 0 Å². The first kappa shape index (κ1) is 13.4. The predicted octanol–water partition coefficient (Wildman–Crippen LogP) is 2.04. The molecule has 2 rings (SSSR count). The number of anilines is 2. The highest BCUT2D eigenvalue weighted by Crippen LogP contribution is 2.19. The molecule has 19 heavy (non-hydrogen) atoms. The summed E-state index contributed by atoms with van der Waals surface area (Å²) in [5.74, 6) is 6.06. The molecule has 0 bridgehead atoms. The summed E-state index contributed by atoms with van der Waals surface area (Å²) >= 11 is 0. The lowest BCUT2D eigenvalue weighted by atomic mass is 10.2. The SMILES string of the molecule is CN(Cc1ccccc1)CN(N)c1ccccc1N. The van der Waals surface area contributed by atoms with Crippen LogP contribution in [0.1, 0.15) is 5.56 Å². The molecule has 0 fully saturated rings. The smallest absolute Gasteiger partial charge is 0.0862 e. The number of nitrogens with zero attached hydrogens (tertiary/aromatic N) is 2. The van der Waals surface area contributed by atoms with Crippen molar-refractivity contribution >= 4 is 11.4 Å². The average molecular weight is 256 g/mol. The Morgan fingerprint density at radius 1 is 0.947 bits per heavy atom. The highest BCUT2D eigenvalue weighted by molar-refractivity contribution is 5.66. The third kappa shape index (κ3) is 3.71. The quantitative estimate of drug-likeness (QED) is 0.372. The largest absolute Gasteiger partial charge is 0.397 e. The van der Waals surface area contributed by atoms with Gasteiger partial charge in [0.05, 0.1) is 18.0 Å². The molecule has 0 saturated carbocycles. The number of hydrogen-bond donors (Lipinski definition) is 2. The van der Waals surface area contributed by atoms with Crippen LogP contribution in [-0.2, 0) is 6.54 Å². The van der Waals surface area contributed by atoms with Crippen LogP contribution in [0.3, 0.4) is 0 Å². The second-order valence-corrected chi connectivity index (χ2v) is 4.67. The van der Waals surface area contributed by atoms with Crippen LogP contribution in [0.2, 0.25) is 0 Å². The zero-order chi connectivity index (χ0) is 13.7. The Morgan fingerprint density at radius 3 is 2.26 bits per heavy atom. The summed E-state index contributed by atoms with van der Waals surface area (Å²) in [6, 6.07) is 17.9. The van der Waals surface area contributed by atoms with E-state index in [0.29, 0.717) is 12.4 Å². The number of para-hydroxylation sites is 2. The van der Waals surface area contributed by atoms with Gasteiger partial charge in [-0.25, -0.2) is 5.84 Å². The highest BCUT2D eigenvalue weighted by atomic mass is 15.5. The summed E-state index contributed by atoms with van der Waals surface area (Å²) in [4.78, 5) is 2.14. The van der Waals surface area contributed by atoms with Gasteiger partial charge in [-0.2, -0.15) is 0 Å². The molecule has 0 saturated heterocycles. The molecule has 0 heterocycles. The van der Waals surface area contributed by atoms with E-state index >= 15 is 0 Å². The zero-order valence-corrected chi connectivity index (χ0v) is 11.2. The van der Waals surface area contributed by atoms with E-state index < -0.39 is 0 Å². The number of benzene rings is 2. The van der Waals surface area contributed by atoms with E-state index in [-0.39, 0.29) is 0 Å². The number of hydrazine groups is 1. The van der Waals surface area contributed by atoms with Crippen LogP contribution < -0.4 is 16.6 Å². The predicted molar refractivity (Wildman–Crippen MR) is 80.3 cm³/mol. The molecule has 2 aromatic rings. The van der Waals surface area contributed by atoms with E-state index in [1.807, 2.05) is 49.5 Å². The van der Waals surface area contributed by atoms with Crippen molar-refractivity contribution in [2.75, 3.05) is 24.5 Å². The molecule has 4 heteroatoms. The van der Waals surface area contributed by atoms with Gasteiger partial charge in [0.2, 0.25) is 0 Å². The van der Waals surface area contributed by atoms with E-state index in [0.717, 1.165) is 12.2 Å². The molecule has 100 valence electrons. The van der Waals surface area contributed by atoms with Gasteiger partial charge in [-0.15, -0.1) is 0 Å². The fraction of sp³-hybridized carbons (Fsp3) is 0.200. The van der Waals surface area contributed by atoms with Crippen molar-refractivity contribution in [3.05, 3.63) is 60.2 Å². The van der Waals surface area contributed by atoms with E-state index in [2.05, 4.69) is 17.0 Å². The van der Waals surface area contributed by atoms with Crippen LogP contribution in [0.4, 0.5) is 11.4 Å². The lowest BCUT2D eigenvalue weighted by Gasteiger charge is -2.26. The van der Waals surface area contributed by atoms with E-state index in [4.69, 9.17) is 11.6 Å². The van der Waals surface area contributed by atoms with Gasteiger partial charge in [-0.05, 0) is 24.7 Å². The molecule has 4 nitrogen and oxygen atoms in total. The molecule has 0 aliphatic rings. The maximum Gasteiger partial charge on any atom is 0.0862 e. The molecule has 0 aromatic heterocycles. The number of hydrogen-bond acceptors (Lipinski definition) is 4. The molecule has 0 atom stereocenters. The second-order valence-electron chi connectivity index (χ2n) is 4.67. The summed E-state index contributed by atoms with van der Waals surface area (Å²) in [6.07, 6.45) is 0. The van der Waals surface area contributed by atoms with Crippen LogP contribution in [0.5, 0.6) is 0 Å². The van der Waals surface area contributed by atoms with Gasteiger partial charge in [0, 0.05) is 6.54 Å². The van der Waals surface area contributed by atoms with Crippen molar-refractivity contribution in [1.29, 1.82) is 0 Å². The minimum Gasteiger partial charge on any atom is -0.397 e. The fourth-order valence-electron chi connectivity index (χ4n) is 2.03. The van der Waals surface area contributed by atoms with Crippen LogP contribution in [-0.4, -0.2) is 18.6 Å².